The van der Waals surface area contributed by atoms with Crippen molar-refractivity contribution >= 4 is 39.1 Å². The summed E-state index contributed by atoms with van der Waals surface area (Å²) in [4.78, 5) is 28.9. The number of carboxylic acids is 1. The zero-order chi connectivity index (χ0) is 29.3. The lowest BCUT2D eigenvalue weighted by atomic mass is 10.1. The molecule has 220 valence electrons. The topological polar surface area (TPSA) is 107 Å². The first-order valence-corrected chi connectivity index (χ1v) is 13.5. The third kappa shape index (κ3) is 6.49. The van der Waals surface area contributed by atoms with Crippen molar-refractivity contribution in [2.45, 2.75) is 18.7 Å². The number of rotatable bonds is 9. The predicted octanol–water partition coefficient (Wildman–Crippen LogP) is 4.07. The molecule has 2 N–H and O–H groups in total. The molecule has 5 rings (SSSR count). The minimum absolute atomic E-state index is 0.0183. The maximum absolute atomic E-state index is 15.5. The zero-order valence-electron chi connectivity index (χ0n) is 21.8. The number of aliphatic carboxylic acids is 1. The molecule has 4 heterocycles. The van der Waals surface area contributed by atoms with Crippen molar-refractivity contribution in [3.63, 3.8) is 0 Å². The van der Waals surface area contributed by atoms with Crippen LogP contribution in [0, 0.1) is 11.6 Å². The fourth-order valence-corrected chi connectivity index (χ4v) is 5.62. The number of piperazine rings is 1. The molecule has 0 atom stereocenters. The molecule has 2 aliphatic heterocycles. The van der Waals surface area contributed by atoms with Crippen LogP contribution in [0.2, 0.25) is 0 Å². The van der Waals surface area contributed by atoms with Crippen LogP contribution in [-0.4, -0.2) is 90.0 Å². The monoisotopic (exact) mass is 599 g/mol. The number of nitrogens with zero attached hydrogens (tertiary/aromatic N) is 6. The summed E-state index contributed by atoms with van der Waals surface area (Å²) in [6.07, 6.45) is -3.63. The number of aromatic nitrogens is 3. The van der Waals surface area contributed by atoms with E-state index in [4.69, 9.17) is 9.84 Å². The summed E-state index contributed by atoms with van der Waals surface area (Å²) < 4.78 is 75.3. The van der Waals surface area contributed by atoms with E-state index in [1.807, 2.05) is 9.80 Å². The SMILES string of the molecule is COC1CN(c2sc(Nc3ncnc(N4CCN(CCC(=O)O)CC4)c3F)nc2-c2cc(F)cc(C(F)(F)F)c2)C1. The number of halogens is 5. The van der Waals surface area contributed by atoms with Gasteiger partial charge in [-0.3, -0.25) is 9.69 Å². The van der Waals surface area contributed by atoms with Crippen molar-refractivity contribution in [1.29, 1.82) is 0 Å². The summed E-state index contributed by atoms with van der Waals surface area (Å²) in [5.41, 5.74) is -1.10. The Morgan fingerprint density at radius 1 is 1.12 bits per heavy atom. The minimum atomic E-state index is -4.76. The number of alkyl halides is 3. The van der Waals surface area contributed by atoms with Crippen molar-refractivity contribution in [2.75, 3.05) is 68.0 Å². The molecule has 1 aromatic carbocycles. The number of benzene rings is 1. The average Bonchev–Trinajstić information content (AvgIpc) is 3.31. The Balaban J connectivity index is 1.40. The van der Waals surface area contributed by atoms with Gasteiger partial charge in [0, 0.05) is 58.5 Å². The Hall–Kier alpha value is -3.63. The van der Waals surface area contributed by atoms with Crippen molar-refractivity contribution in [2.24, 2.45) is 0 Å². The van der Waals surface area contributed by atoms with Crippen LogP contribution in [0.5, 0.6) is 0 Å². The summed E-state index contributed by atoms with van der Waals surface area (Å²) in [6.45, 7) is 3.22. The third-order valence-corrected chi connectivity index (χ3v) is 7.92. The van der Waals surface area contributed by atoms with E-state index in [-0.39, 0.29) is 40.5 Å². The molecular weight excluding hydrogens is 573 g/mol. The number of carboxylic acid groups (broad SMARTS) is 1. The summed E-state index contributed by atoms with van der Waals surface area (Å²) in [7, 11) is 1.55. The molecule has 0 spiro atoms. The molecule has 10 nitrogen and oxygen atoms in total. The molecule has 0 amide bonds. The van der Waals surface area contributed by atoms with E-state index in [0.29, 0.717) is 56.9 Å². The maximum Gasteiger partial charge on any atom is 0.416 e. The largest absolute Gasteiger partial charge is 0.481 e. The number of methoxy groups -OCH3 is 1. The average molecular weight is 600 g/mol. The fraction of sp³-hybridized carbons (Fsp3) is 0.440. The van der Waals surface area contributed by atoms with Crippen molar-refractivity contribution in [3.05, 3.63) is 41.7 Å². The minimum Gasteiger partial charge on any atom is -0.481 e. The Labute approximate surface area is 235 Å². The van der Waals surface area contributed by atoms with Crippen LogP contribution < -0.4 is 15.1 Å². The Morgan fingerprint density at radius 2 is 1.85 bits per heavy atom. The normalized spacial score (nSPS) is 16.6. The van der Waals surface area contributed by atoms with Crippen LogP contribution in [0.3, 0.4) is 0 Å². The molecule has 0 unspecified atom stereocenters. The van der Waals surface area contributed by atoms with E-state index in [9.17, 15) is 22.4 Å². The van der Waals surface area contributed by atoms with Crippen LogP contribution in [-0.2, 0) is 15.7 Å². The van der Waals surface area contributed by atoms with Gasteiger partial charge in [-0.05, 0) is 18.2 Å². The van der Waals surface area contributed by atoms with Gasteiger partial charge in [0.1, 0.15) is 22.8 Å². The lowest BCUT2D eigenvalue weighted by Crippen LogP contribution is -2.51. The second-order valence-corrected chi connectivity index (χ2v) is 10.6. The fourth-order valence-electron chi connectivity index (χ4n) is 4.62. The number of hydrogen-bond acceptors (Lipinski definition) is 10. The molecule has 3 aromatic rings. The van der Waals surface area contributed by atoms with Gasteiger partial charge in [-0.2, -0.15) is 17.6 Å². The molecule has 2 fully saturated rings. The quantitative estimate of drug-likeness (QED) is 0.350. The van der Waals surface area contributed by atoms with E-state index >= 15 is 4.39 Å². The molecule has 41 heavy (non-hydrogen) atoms. The second kappa shape index (κ2) is 11.7. The zero-order valence-corrected chi connectivity index (χ0v) is 22.6. The standard InChI is InChI=1S/C25H26F5N7O3S/c1-40-17-11-37(12-17)23-20(14-8-15(25(28,29)30)10-16(26)9-14)33-24(41-23)34-21-19(27)22(32-13-31-21)36-6-4-35(5-7-36)3-2-18(38)39/h8-10,13,17H,2-7,11-12H2,1H3,(H,38,39)(H,31,32,33,34). The van der Waals surface area contributed by atoms with Crippen LogP contribution >= 0.6 is 11.3 Å². The first kappa shape index (κ1) is 28.9. The Bertz CT molecular complexity index is 1410. The van der Waals surface area contributed by atoms with Gasteiger partial charge in [0.2, 0.25) is 5.82 Å². The van der Waals surface area contributed by atoms with Gasteiger partial charge in [-0.1, -0.05) is 11.3 Å². The second-order valence-electron chi connectivity index (χ2n) is 9.62. The molecule has 0 radical (unpaired) electrons. The highest BCUT2D eigenvalue weighted by molar-refractivity contribution is 7.20. The van der Waals surface area contributed by atoms with Gasteiger partial charge in [-0.15, -0.1) is 0 Å². The lowest BCUT2D eigenvalue weighted by Gasteiger charge is -2.39. The number of carbonyl (C=O) groups is 1. The summed E-state index contributed by atoms with van der Waals surface area (Å²) in [6, 6.07) is 2.23. The highest BCUT2D eigenvalue weighted by Crippen LogP contribution is 2.43. The number of thiazole rings is 1. The Kier molecular flexibility index (Phi) is 8.24. The number of hydrogen-bond donors (Lipinski definition) is 2. The van der Waals surface area contributed by atoms with E-state index in [2.05, 4.69) is 20.3 Å². The van der Waals surface area contributed by atoms with Crippen LogP contribution in [0.4, 0.5) is 43.7 Å². The van der Waals surface area contributed by atoms with Gasteiger partial charge in [0.15, 0.2) is 16.8 Å². The van der Waals surface area contributed by atoms with Crippen LogP contribution in [0.25, 0.3) is 11.3 Å². The molecule has 16 heteroatoms. The number of anilines is 4. The highest BCUT2D eigenvalue weighted by Gasteiger charge is 2.34. The molecule has 2 aromatic heterocycles. The summed E-state index contributed by atoms with van der Waals surface area (Å²) >= 11 is 1.07. The number of nitrogens with one attached hydrogen (secondary N) is 1. The summed E-state index contributed by atoms with van der Waals surface area (Å²) in [5.74, 6) is -2.80. The van der Waals surface area contributed by atoms with E-state index < -0.39 is 29.3 Å². The maximum atomic E-state index is 15.5. The Morgan fingerprint density at radius 3 is 2.51 bits per heavy atom. The van der Waals surface area contributed by atoms with E-state index in [0.717, 1.165) is 23.5 Å². The number of ether oxygens (including phenoxy) is 1. The smallest absolute Gasteiger partial charge is 0.416 e. The van der Waals surface area contributed by atoms with Crippen LogP contribution in [0.1, 0.15) is 12.0 Å². The molecule has 0 saturated carbocycles. The van der Waals surface area contributed by atoms with Gasteiger partial charge < -0.3 is 25.0 Å². The molecule has 2 aliphatic rings. The molecule has 0 aliphatic carbocycles. The summed E-state index contributed by atoms with van der Waals surface area (Å²) in [5, 5.41) is 12.3. The molecule has 0 bridgehead atoms. The van der Waals surface area contributed by atoms with Crippen molar-refractivity contribution in [3.8, 4) is 11.3 Å². The van der Waals surface area contributed by atoms with Crippen molar-refractivity contribution < 1.29 is 36.6 Å². The van der Waals surface area contributed by atoms with E-state index in [1.54, 1.807) is 12.0 Å². The van der Waals surface area contributed by atoms with Gasteiger partial charge in [0.05, 0.1) is 18.1 Å². The third-order valence-electron chi connectivity index (χ3n) is 6.89. The van der Waals surface area contributed by atoms with E-state index in [1.165, 1.54) is 6.33 Å². The molecule has 2 saturated heterocycles. The van der Waals surface area contributed by atoms with Gasteiger partial charge >= 0.3 is 12.1 Å². The first-order valence-electron chi connectivity index (χ1n) is 12.6. The first-order chi connectivity index (χ1) is 19.5. The van der Waals surface area contributed by atoms with Crippen LogP contribution in [0.15, 0.2) is 24.5 Å². The predicted molar refractivity (Wildman–Crippen MR) is 142 cm³/mol. The van der Waals surface area contributed by atoms with Gasteiger partial charge in [0.25, 0.3) is 0 Å². The van der Waals surface area contributed by atoms with Gasteiger partial charge in [-0.25, -0.2) is 19.3 Å². The highest BCUT2D eigenvalue weighted by atomic mass is 32.1. The van der Waals surface area contributed by atoms with Crippen molar-refractivity contribution in [1.82, 2.24) is 19.9 Å². The lowest BCUT2D eigenvalue weighted by molar-refractivity contribution is -0.138. The molecular formula is C25H26F5N7O3S.